The molecule has 0 spiro atoms. The fourth-order valence-corrected chi connectivity index (χ4v) is 5.09. The molecule has 42 heavy (non-hydrogen) atoms. The minimum Gasteiger partial charge on any atom is -0.470 e. The first-order valence-corrected chi connectivity index (χ1v) is 15.5. The normalized spacial score (nSPS) is 9.93. The van der Waals surface area contributed by atoms with Crippen LogP contribution in [0, 0.1) is 45.9 Å². The number of hydrogen-bond acceptors (Lipinski definition) is 0. The van der Waals surface area contributed by atoms with Crippen LogP contribution in [0.5, 0.6) is 0 Å². The van der Waals surface area contributed by atoms with Gasteiger partial charge in [-0.05, 0) is 34.0 Å². The van der Waals surface area contributed by atoms with Gasteiger partial charge in [0.2, 0.25) is 0 Å². The summed E-state index contributed by atoms with van der Waals surface area (Å²) in [5, 5.41) is 0. The van der Waals surface area contributed by atoms with Crippen molar-refractivity contribution in [2.45, 2.75) is 135 Å². The van der Waals surface area contributed by atoms with Crippen molar-refractivity contribution in [1.82, 2.24) is 13.7 Å². The number of hydrogen-bond donors (Lipinski definition) is 0. The molecule has 0 amide bonds. The quantitative estimate of drug-likeness (QED) is 0.118. The fourth-order valence-electron chi connectivity index (χ4n) is 5.09. The molecule has 0 saturated carbocycles. The first kappa shape index (κ1) is 45.0. The second-order valence-electron chi connectivity index (χ2n) is 9.87. The van der Waals surface area contributed by atoms with Gasteiger partial charge in [-0.15, -0.1) is 35.7 Å². The fraction of sp³-hybridized carbons (Fsp3) is 0.568. The monoisotopic (exact) mass is 749 g/mol. The minimum atomic E-state index is 0. The van der Waals surface area contributed by atoms with Gasteiger partial charge in [-0.2, -0.15) is 39.5 Å². The van der Waals surface area contributed by atoms with E-state index in [0.29, 0.717) is 0 Å². The predicted octanol–water partition coefficient (Wildman–Crippen LogP) is 9.29. The Balaban J connectivity index is -0.000000498. The molecule has 3 heterocycles. The van der Waals surface area contributed by atoms with Crippen LogP contribution in [0.1, 0.15) is 113 Å². The Morgan fingerprint density at radius 1 is 0.643 bits per heavy atom. The predicted molar refractivity (Wildman–Crippen MR) is 176 cm³/mol. The van der Waals surface area contributed by atoms with Gasteiger partial charge in [-0.25, -0.2) is 12.2 Å². The van der Waals surface area contributed by atoms with E-state index in [9.17, 15) is 0 Å². The van der Waals surface area contributed by atoms with Crippen LogP contribution in [0.15, 0.2) is 18.2 Å². The van der Waals surface area contributed by atoms with Gasteiger partial charge in [0.15, 0.2) is 0 Å². The van der Waals surface area contributed by atoms with E-state index in [-0.39, 0.29) is 39.0 Å². The van der Waals surface area contributed by atoms with Crippen LogP contribution in [0.25, 0.3) is 0 Å². The molecule has 3 nitrogen and oxygen atoms in total. The maximum absolute atomic E-state index is 4.93. The van der Waals surface area contributed by atoms with Gasteiger partial charge in [0.1, 0.15) is 0 Å². The summed E-state index contributed by atoms with van der Waals surface area (Å²) in [7, 11) is 2.02. The van der Waals surface area contributed by atoms with Gasteiger partial charge < -0.3 is 13.7 Å². The summed E-state index contributed by atoms with van der Waals surface area (Å²) in [6.45, 7) is 33.0. The van der Waals surface area contributed by atoms with Gasteiger partial charge in [-0.1, -0.05) is 108 Å². The smallest absolute Gasteiger partial charge is 0.470 e. The zero-order valence-corrected chi connectivity index (χ0v) is 32.5. The molecule has 5 heteroatoms. The number of aromatic nitrogens is 3. The Kier molecular flexibility index (Phi) is 26.7. The van der Waals surface area contributed by atoms with Crippen molar-refractivity contribution in [2.75, 3.05) is 0 Å². The van der Waals surface area contributed by atoms with Crippen molar-refractivity contribution in [1.29, 1.82) is 0 Å². The third kappa shape index (κ3) is 13.1. The molecule has 238 valence electrons. The molecule has 0 bridgehead atoms. The van der Waals surface area contributed by atoms with E-state index < -0.39 is 0 Å². The van der Waals surface area contributed by atoms with E-state index in [1.54, 1.807) is 6.08 Å². The van der Waals surface area contributed by atoms with Gasteiger partial charge in [0, 0.05) is 0 Å². The molecule has 3 aromatic rings. The number of rotatable bonds is 9. The molecule has 0 aliphatic heterocycles. The standard InChI is InChI=1S/2C12H20N.C8H12N.C5H7.2Ru/c2*1-5-10-9-13(8-4)12(7-3)11(10)6-2;1-6-5-9(4)8(3)7(6)2;1-3-5-4-2;;/h2*5-8H2,1-4H3;1-4H3;1,3-5H,2H3;;/q4*-1;2*+2. The van der Waals surface area contributed by atoms with Crippen LogP contribution in [0.2, 0.25) is 0 Å². The Bertz CT molecular complexity index is 1030. The summed E-state index contributed by atoms with van der Waals surface area (Å²) >= 11 is 0. The van der Waals surface area contributed by atoms with E-state index in [1.807, 2.05) is 24.6 Å². The third-order valence-electron chi connectivity index (χ3n) is 7.58. The topological polar surface area (TPSA) is 14.8 Å². The molecule has 0 radical (unpaired) electrons. The average molecular weight is 748 g/mol. The summed E-state index contributed by atoms with van der Waals surface area (Å²) in [5.74, 6) is 0. The molecule has 0 N–H and O–H groups in total. The van der Waals surface area contributed by atoms with E-state index in [4.69, 9.17) is 6.58 Å². The van der Waals surface area contributed by atoms with Gasteiger partial charge >= 0.3 is 39.0 Å². The van der Waals surface area contributed by atoms with E-state index in [0.717, 1.165) is 51.6 Å². The molecule has 3 rings (SSSR count). The summed E-state index contributed by atoms with van der Waals surface area (Å²) in [4.78, 5) is 0. The number of allylic oxidation sites excluding steroid dienone is 3. The largest absolute Gasteiger partial charge is 2.00 e. The minimum absolute atomic E-state index is 0. The Labute approximate surface area is 286 Å². The summed E-state index contributed by atoms with van der Waals surface area (Å²) < 4.78 is 6.58. The molecule has 0 aliphatic rings. The maximum Gasteiger partial charge on any atom is 2.00 e. The first-order valence-electron chi connectivity index (χ1n) is 15.5. The average Bonchev–Trinajstić information content (AvgIpc) is 3.59. The van der Waals surface area contributed by atoms with Gasteiger partial charge in [-0.3, -0.25) is 6.58 Å². The zero-order valence-electron chi connectivity index (χ0n) is 29.0. The molecule has 0 aromatic carbocycles. The molecule has 0 aliphatic carbocycles. The van der Waals surface area contributed by atoms with Crippen molar-refractivity contribution in [2.24, 2.45) is 7.05 Å². The Hall–Kier alpha value is -1.43. The molecule has 0 fully saturated rings. The molecule has 0 unspecified atom stereocenters. The molecule has 0 atom stereocenters. The third-order valence-corrected chi connectivity index (χ3v) is 7.58. The van der Waals surface area contributed by atoms with Crippen molar-refractivity contribution in [3.63, 3.8) is 0 Å². The summed E-state index contributed by atoms with van der Waals surface area (Å²) in [6.07, 6.45) is 22.1. The molecule has 0 saturated heterocycles. The van der Waals surface area contributed by atoms with Gasteiger partial charge in [0.25, 0.3) is 0 Å². The van der Waals surface area contributed by atoms with Crippen LogP contribution in [0.3, 0.4) is 0 Å². The number of aryl methyl sites for hydroxylation is 6. The van der Waals surface area contributed by atoms with Crippen LogP contribution >= 0.6 is 0 Å². The second kappa shape index (κ2) is 25.0. The van der Waals surface area contributed by atoms with E-state index in [1.165, 1.54) is 56.5 Å². The van der Waals surface area contributed by atoms with Gasteiger partial charge in [0.05, 0.1) is 0 Å². The molecular formula is C37H59N3Ru2. The van der Waals surface area contributed by atoms with Crippen LogP contribution in [0.4, 0.5) is 0 Å². The van der Waals surface area contributed by atoms with E-state index in [2.05, 4.69) is 104 Å². The van der Waals surface area contributed by atoms with Crippen molar-refractivity contribution in [3.05, 3.63) is 93.9 Å². The van der Waals surface area contributed by atoms with Crippen molar-refractivity contribution >= 4 is 0 Å². The molecule has 3 aromatic heterocycles. The van der Waals surface area contributed by atoms with Crippen LogP contribution in [-0.2, 0) is 97.6 Å². The Morgan fingerprint density at radius 2 is 1.05 bits per heavy atom. The summed E-state index contributed by atoms with van der Waals surface area (Å²) in [6, 6.07) is 0. The van der Waals surface area contributed by atoms with E-state index >= 15 is 0 Å². The van der Waals surface area contributed by atoms with Crippen molar-refractivity contribution < 1.29 is 39.0 Å². The van der Waals surface area contributed by atoms with Crippen LogP contribution < -0.4 is 0 Å². The van der Waals surface area contributed by atoms with Crippen molar-refractivity contribution in [3.8, 4) is 0 Å². The second-order valence-corrected chi connectivity index (χ2v) is 9.87. The maximum atomic E-state index is 4.93. The zero-order chi connectivity index (χ0) is 30.8. The molecular weight excluding hydrogens is 689 g/mol. The SMILES string of the molecule is CCc1[c-]n(CC)c(CC)c1CC.CCc1[c-]n(CC)c(CC)c1CC.Cc1[c-]n(C)c(C)c1C.[CH-]=CC=CC.[Ru+2].[Ru+2]. The number of nitrogens with zero attached hydrogens (tertiary/aromatic N) is 3. The van der Waals surface area contributed by atoms with Crippen LogP contribution in [-0.4, -0.2) is 13.7 Å². The Morgan fingerprint density at radius 3 is 1.19 bits per heavy atom. The first-order chi connectivity index (χ1) is 19.1. The summed E-state index contributed by atoms with van der Waals surface area (Å²) in [5.41, 5.74) is 12.8.